The van der Waals surface area contributed by atoms with Gasteiger partial charge in [0.15, 0.2) is 5.69 Å². The lowest BCUT2D eigenvalue weighted by molar-refractivity contribution is -0.141. The zero-order chi connectivity index (χ0) is 17.2. The molecule has 0 aliphatic carbocycles. The van der Waals surface area contributed by atoms with Gasteiger partial charge in [0.1, 0.15) is 11.5 Å². The van der Waals surface area contributed by atoms with E-state index >= 15 is 0 Å². The number of methoxy groups -OCH3 is 1. The van der Waals surface area contributed by atoms with Gasteiger partial charge < -0.3 is 10.1 Å². The highest BCUT2D eigenvalue weighted by molar-refractivity contribution is 7.16. The first-order valence-electron chi connectivity index (χ1n) is 6.30. The monoisotopic (exact) mass is 347 g/mol. The molecule has 1 amide bonds. The number of halogens is 3. The van der Waals surface area contributed by atoms with Crippen molar-refractivity contribution in [2.24, 2.45) is 0 Å². The molecule has 0 fully saturated rings. The Morgan fingerprint density at radius 1 is 1.43 bits per heavy atom. The number of rotatable bonds is 4. The molecule has 0 bridgehead atoms. The molecule has 2 aromatic heterocycles. The predicted molar refractivity (Wildman–Crippen MR) is 76.3 cm³/mol. The van der Waals surface area contributed by atoms with Crippen molar-refractivity contribution in [1.82, 2.24) is 9.78 Å². The first kappa shape index (κ1) is 17.0. The molecule has 1 N–H and O–H groups in total. The zero-order valence-electron chi connectivity index (χ0n) is 12.1. The molecule has 6 nitrogen and oxygen atoms in total. The number of aromatic nitrogens is 2. The van der Waals surface area contributed by atoms with Gasteiger partial charge in [-0.15, -0.1) is 11.3 Å². The number of carbonyl (C=O) groups excluding carboxylic acids is 2. The number of hydrogen-bond acceptors (Lipinski definition) is 5. The van der Waals surface area contributed by atoms with Crippen LogP contribution in [0.3, 0.4) is 0 Å². The van der Waals surface area contributed by atoms with E-state index in [9.17, 15) is 22.8 Å². The quantitative estimate of drug-likeness (QED) is 0.863. The molecule has 0 unspecified atom stereocenters. The number of anilines is 1. The summed E-state index contributed by atoms with van der Waals surface area (Å²) in [6, 6.07) is 2.34. The van der Waals surface area contributed by atoms with E-state index in [0.29, 0.717) is 0 Å². The van der Waals surface area contributed by atoms with Crippen LogP contribution in [0.1, 0.15) is 20.9 Å². The van der Waals surface area contributed by atoms with Gasteiger partial charge in [-0.25, -0.2) is 4.79 Å². The molecule has 0 aliphatic heterocycles. The van der Waals surface area contributed by atoms with Crippen LogP contribution in [0.25, 0.3) is 0 Å². The second kappa shape index (κ2) is 6.41. The molecule has 0 saturated heterocycles. The van der Waals surface area contributed by atoms with Crippen LogP contribution >= 0.6 is 11.3 Å². The molecule has 0 spiro atoms. The summed E-state index contributed by atoms with van der Waals surface area (Å²) in [7, 11) is 1.21. The minimum atomic E-state index is -4.56. The highest BCUT2D eigenvalue weighted by Gasteiger charge is 2.33. The number of aryl methyl sites for hydroxylation is 1. The average Bonchev–Trinajstić information content (AvgIpc) is 3.04. The molecular formula is C13H12F3N3O3S. The van der Waals surface area contributed by atoms with Gasteiger partial charge in [0.25, 0.3) is 0 Å². The van der Waals surface area contributed by atoms with Gasteiger partial charge in [0.05, 0.1) is 12.7 Å². The third-order valence-corrected chi connectivity index (χ3v) is 3.72. The smallest absolute Gasteiger partial charge is 0.435 e. The van der Waals surface area contributed by atoms with E-state index in [1.165, 1.54) is 7.11 Å². The largest absolute Gasteiger partial charge is 0.465 e. The topological polar surface area (TPSA) is 73.2 Å². The van der Waals surface area contributed by atoms with Crippen molar-refractivity contribution in [2.75, 3.05) is 12.4 Å². The van der Waals surface area contributed by atoms with Gasteiger partial charge in [0, 0.05) is 11.1 Å². The van der Waals surface area contributed by atoms with Gasteiger partial charge >= 0.3 is 12.1 Å². The van der Waals surface area contributed by atoms with Crippen molar-refractivity contribution < 1.29 is 27.5 Å². The van der Waals surface area contributed by atoms with Gasteiger partial charge in [-0.05, 0) is 19.1 Å². The first-order chi connectivity index (χ1) is 10.7. The fourth-order valence-corrected chi connectivity index (χ4v) is 2.70. The molecule has 0 saturated carbocycles. The molecule has 2 heterocycles. The highest BCUT2D eigenvalue weighted by Crippen LogP contribution is 2.29. The Morgan fingerprint density at radius 3 is 2.70 bits per heavy atom. The Balaban J connectivity index is 2.08. The van der Waals surface area contributed by atoms with E-state index in [0.717, 1.165) is 33.2 Å². The van der Waals surface area contributed by atoms with E-state index in [-0.39, 0.29) is 10.6 Å². The summed E-state index contributed by atoms with van der Waals surface area (Å²) < 4.78 is 42.8. The zero-order valence-corrected chi connectivity index (χ0v) is 12.9. The predicted octanol–water partition coefficient (Wildman–Crippen LogP) is 2.70. The lowest BCUT2D eigenvalue weighted by atomic mass is 10.3. The van der Waals surface area contributed by atoms with E-state index in [4.69, 9.17) is 0 Å². The number of hydrogen-bond donors (Lipinski definition) is 1. The van der Waals surface area contributed by atoms with Crippen LogP contribution < -0.4 is 5.32 Å². The maximum Gasteiger partial charge on any atom is 0.435 e. The Morgan fingerprint density at radius 2 is 2.13 bits per heavy atom. The van der Waals surface area contributed by atoms with Crippen molar-refractivity contribution in [3.05, 3.63) is 34.5 Å². The van der Waals surface area contributed by atoms with Gasteiger partial charge in [-0.3, -0.25) is 9.48 Å². The molecule has 0 aromatic carbocycles. The number of nitrogens with one attached hydrogen (secondary N) is 1. The summed E-state index contributed by atoms with van der Waals surface area (Å²) in [5, 5.41) is 6.04. The SMILES string of the molecule is COC(=O)c1cc(C)sc1NC(=O)Cn1ccc(C(F)(F)F)n1. The summed E-state index contributed by atoms with van der Waals surface area (Å²) in [4.78, 5) is 24.3. The van der Waals surface area contributed by atoms with E-state index in [1.807, 2.05) is 0 Å². The molecule has 2 rings (SSSR count). The lowest BCUT2D eigenvalue weighted by Gasteiger charge is -2.06. The maximum atomic E-state index is 12.4. The van der Waals surface area contributed by atoms with E-state index < -0.39 is 30.3 Å². The van der Waals surface area contributed by atoms with Crippen molar-refractivity contribution in [3.63, 3.8) is 0 Å². The summed E-state index contributed by atoms with van der Waals surface area (Å²) in [5.74, 6) is -1.21. The average molecular weight is 347 g/mol. The highest BCUT2D eigenvalue weighted by atomic mass is 32.1. The molecule has 124 valence electrons. The summed E-state index contributed by atoms with van der Waals surface area (Å²) in [6.45, 7) is 1.34. The molecule has 10 heteroatoms. The third kappa shape index (κ3) is 4.09. The number of amides is 1. The minimum absolute atomic E-state index is 0.194. The Hall–Kier alpha value is -2.36. The summed E-state index contributed by atoms with van der Waals surface area (Å²) in [6.07, 6.45) is -3.51. The molecular weight excluding hydrogens is 335 g/mol. The summed E-state index contributed by atoms with van der Waals surface area (Å²) in [5.41, 5.74) is -0.882. The first-order valence-corrected chi connectivity index (χ1v) is 7.11. The second-order valence-corrected chi connectivity index (χ2v) is 5.79. The Kier molecular flexibility index (Phi) is 4.73. The van der Waals surface area contributed by atoms with Crippen LogP contribution in [-0.4, -0.2) is 28.8 Å². The van der Waals surface area contributed by atoms with Crippen molar-refractivity contribution in [1.29, 1.82) is 0 Å². The van der Waals surface area contributed by atoms with Gasteiger partial charge in [-0.2, -0.15) is 18.3 Å². The van der Waals surface area contributed by atoms with Gasteiger partial charge in [0.2, 0.25) is 5.91 Å². The summed E-state index contributed by atoms with van der Waals surface area (Å²) >= 11 is 1.16. The number of alkyl halides is 3. The third-order valence-electron chi connectivity index (χ3n) is 2.75. The Bertz CT molecular complexity index is 736. The number of esters is 1. The van der Waals surface area contributed by atoms with Crippen molar-refractivity contribution >= 4 is 28.2 Å². The number of nitrogens with zero attached hydrogens (tertiary/aromatic N) is 2. The van der Waals surface area contributed by atoms with Crippen molar-refractivity contribution in [2.45, 2.75) is 19.6 Å². The fraction of sp³-hybridized carbons (Fsp3) is 0.308. The molecule has 2 aromatic rings. The van der Waals surface area contributed by atoms with Crippen molar-refractivity contribution in [3.8, 4) is 0 Å². The van der Waals surface area contributed by atoms with Crippen LogP contribution in [0, 0.1) is 6.92 Å². The van der Waals surface area contributed by atoms with Gasteiger partial charge in [-0.1, -0.05) is 0 Å². The van der Waals surface area contributed by atoms with E-state index in [1.54, 1.807) is 13.0 Å². The standard InChI is InChI=1S/C13H12F3N3O3S/c1-7-5-8(12(21)22-2)11(23-7)17-10(20)6-19-4-3-9(18-19)13(14,15)16/h3-5H,6H2,1-2H3,(H,17,20). The van der Waals surface area contributed by atoms with Crippen LogP contribution in [0.5, 0.6) is 0 Å². The molecule has 23 heavy (non-hydrogen) atoms. The lowest BCUT2D eigenvalue weighted by Crippen LogP contribution is -2.20. The minimum Gasteiger partial charge on any atom is -0.465 e. The number of carbonyl (C=O) groups is 2. The van der Waals surface area contributed by atoms with Crippen LogP contribution in [0.4, 0.5) is 18.2 Å². The molecule has 0 radical (unpaired) electrons. The Labute approximate surface area is 132 Å². The van der Waals surface area contributed by atoms with Crippen LogP contribution in [0.2, 0.25) is 0 Å². The number of thiophene rings is 1. The van der Waals surface area contributed by atoms with Crippen LogP contribution in [-0.2, 0) is 22.3 Å². The molecule has 0 atom stereocenters. The van der Waals surface area contributed by atoms with E-state index in [2.05, 4.69) is 15.2 Å². The molecule has 0 aliphatic rings. The fourth-order valence-electron chi connectivity index (χ4n) is 1.78. The maximum absolute atomic E-state index is 12.4. The number of ether oxygens (including phenoxy) is 1. The normalized spacial score (nSPS) is 11.3. The van der Waals surface area contributed by atoms with Crippen LogP contribution in [0.15, 0.2) is 18.3 Å². The second-order valence-electron chi connectivity index (χ2n) is 4.54.